The number of halogens is 5. The van der Waals surface area contributed by atoms with Gasteiger partial charge in [-0.25, -0.2) is 29.3 Å². The van der Waals surface area contributed by atoms with E-state index in [1.54, 1.807) is 11.0 Å². The molecule has 0 unspecified atom stereocenters. The van der Waals surface area contributed by atoms with Crippen LogP contribution in [-0.2, 0) is 19.5 Å². The highest BCUT2D eigenvalue weighted by Gasteiger charge is 2.36. The minimum atomic E-state index is -3.19. The van der Waals surface area contributed by atoms with Crippen LogP contribution in [0.25, 0.3) is 22.8 Å². The van der Waals surface area contributed by atoms with E-state index in [4.69, 9.17) is 17.0 Å². The third-order valence-electron chi connectivity index (χ3n) is 7.30. The fourth-order valence-corrected chi connectivity index (χ4v) is 5.42. The standard InChI is InChI=1S/C28H25F5N8OS/c1-28(32,33)19-11-39(2)24(37-19)16-7-4-14(8-17(16)29)10-40-12-20(43)41(27(30)31)18-9-34-23(38-25(18)40)21-22(15-5-6-15)35-13-36-26(21)42-3/h4,7-9,11,13,15,27H,5-6,10,12H2,1-3H3. The summed E-state index contributed by atoms with van der Waals surface area (Å²) in [7, 11) is 2.96. The van der Waals surface area contributed by atoms with Gasteiger partial charge in [-0.05, 0) is 30.5 Å². The Hall–Kier alpha value is -4.27. The van der Waals surface area contributed by atoms with Gasteiger partial charge in [0.2, 0.25) is 5.88 Å². The van der Waals surface area contributed by atoms with Crippen LogP contribution in [0.2, 0.25) is 0 Å². The fourth-order valence-electron chi connectivity index (χ4n) is 5.08. The first-order chi connectivity index (χ1) is 20.5. The van der Waals surface area contributed by atoms with Crippen LogP contribution in [0, 0.1) is 5.82 Å². The Labute approximate surface area is 248 Å². The average molecular weight is 617 g/mol. The van der Waals surface area contributed by atoms with Crippen LogP contribution in [0.3, 0.4) is 0 Å². The van der Waals surface area contributed by atoms with Gasteiger partial charge in [-0.15, -0.1) is 0 Å². The molecule has 0 N–H and O–H groups in total. The number of methoxy groups -OCH3 is 1. The Balaban J connectivity index is 1.38. The van der Waals surface area contributed by atoms with Gasteiger partial charge in [-0.1, -0.05) is 18.3 Å². The van der Waals surface area contributed by atoms with Crippen LogP contribution in [-0.4, -0.2) is 54.7 Å². The number of aromatic nitrogens is 6. The number of rotatable bonds is 8. The second kappa shape index (κ2) is 10.8. The van der Waals surface area contributed by atoms with Gasteiger partial charge >= 0.3 is 6.55 Å². The molecule has 3 aromatic heterocycles. The summed E-state index contributed by atoms with van der Waals surface area (Å²) >= 11 is 5.32. The lowest BCUT2D eigenvalue weighted by Crippen LogP contribution is -2.47. The number of ether oxygens (including phenoxy) is 1. The van der Waals surface area contributed by atoms with Gasteiger partial charge in [0, 0.05) is 32.6 Å². The van der Waals surface area contributed by atoms with E-state index >= 15 is 4.39 Å². The first-order valence-electron chi connectivity index (χ1n) is 13.3. The lowest BCUT2D eigenvalue weighted by molar-refractivity contribution is 0.0131. The van der Waals surface area contributed by atoms with Crippen LogP contribution in [0.1, 0.15) is 42.6 Å². The lowest BCUT2D eigenvalue weighted by atomic mass is 10.1. The quantitative estimate of drug-likeness (QED) is 0.138. The number of imidazole rings is 1. The Kier molecular flexibility index (Phi) is 7.22. The normalized spacial score (nSPS) is 15.3. The summed E-state index contributed by atoms with van der Waals surface area (Å²) in [6.07, 6.45) is 5.69. The molecule has 0 saturated heterocycles. The molecule has 1 saturated carbocycles. The van der Waals surface area contributed by atoms with Crippen molar-refractivity contribution in [3.05, 3.63) is 59.7 Å². The van der Waals surface area contributed by atoms with Gasteiger partial charge in [-0.2, -0.15) is 17.6 Å². The van der Waals surface area contributed by atoms with Crippen molar-refractivity contribution in [3.63, 3.8) is 0 Å². The Morgan fingerprint density at radius 2 is 1.91 bits per heavy atom. The number of nitrogens with zero attached hydrogens (tertiary/aromatic N) is 8. The van der Waals surface area contributed by atoms with E-state index in [1.807, 2.05) is 0 Å². The predicted molar refractivity (Wildman–Crippen MR) is 152 cm³/mol. The number of fused-ring (bicyclic) bond motifs is 1. The van der Waals surface area contributed by atoms with Crippen LogP contribution in [0.4, 0.5) is 33.5 Å². The third-order valence-corrected chi connectivity index (χ3v) is 7.62. The molecule has 9 nitrogen and oxygen atoms in total. The molecule has 4 aromatic rings. The van der Waals surface area contributed by atoms with E-state index in [1.165, 1.54) is 43.4 Å². The maximum atomic E-state index is 15.4. The SMILES string of the molecule is COc1ncnc(C2CC2)c1-c1ncc2c(n1)N(Cc1ccc(-c3nc(C(C)(F)F)cn3C)c(F)c1)CC(=S)N2C(F)F. The van der Waals surface area contributed by atoms with Crippen molar-refractivity contribution >= 4 is 28.7 Å². The smallest absolute Gasteiger partial charge is 0.320 e. The molecule has 0 radical (unpaired) electrons. The molecular weight excluding hydrogens is 591 g/mol. The number of anilines is 2. The minimum Gasteiger partial charge on any atom is -0.480 e. The molecule has 4 heterocycles. The zero-order chi connectivity index (χ0) is 30.6. The van der Waals surface area contributed by atoms with E-state index in [2.05, 4.69) is 24.9 Å². The van der Waals surface area contributed by atoms with Crippen molar-refractivity contribution in [2.75, 3.05) is 23.5 Å². The van der Waals surface area contributed by atoms with Crippen molar-refractivity contribution in [1.82, 2.24) is 29.5 Å². The van der Waals surface area contributed by atoms with E-state index in [0.29, 0.717) is 21.7 Å². The predicted octanol–water partition coefficient (Wildman–Crippen LogP) is 5.85. The maximum Gasteiger partial charge on any atom is 0.320 e. The number of benzene rings is 1. The van der Waals surface area contributed by atoms with E-state index in [-0.39, 0.29) is 58.6 Å². The lowest BCUT2D eigenvalue weighted by Gasteiger charge is -2.37. The second-order valence-electron chi connectivity index (χ2n) is 10.5. The topological polar surface area (TPSA) is 85.1 Å². The molecule has 0 bridgehead atoms. The summed E-state index contributed by atoms with van der Waals surface area (Å²) in [5, 5.41) is 0. The van der Waals surface area contributed by atoms with Crippen LogP contribution in [0.15, 0.2) is 36.9 Å². The summed E-state index contributed by atoms with van der Waals surface area (Å²) in [4.78, 5) is 23.9. The molecule has 1 aliphatic heterocycles. The maximum absolute atomic E-state index is 15.4. The molecule has 1 aromatic carbocycles. The number of hydrogen-bond acceptors (Lipinski definition) is 8. The van der Waals surface area contributed by atoms with Gasteiger partial charge < -0.3 is 14.2 Å². The highest BCUT2D eigenvalue weighted by molar-refractivity contribution is 7.80. The van der Waals surface area contributed by atoms with Crippen LogP contribution in [0.5, 0.6) is 5.88 Å². The minimum absolute atomic E-state index is 0.00286. The molecule has 2 aliphatic rings. The van der Waals surface area contributed by atoms with Gasteiger partial charge in [0.1, 0.15) is 39.9 Å². The zero-order valence-electron chi connectivity index (χ0n) is 23.2. The van der Waals surface area contributed by atoms with Crippen molar-refractivity contribution in [2.24, 2.45) is 7.05 Å². The molecule has 0 amide bonds. The monoisotopic (exact) mass is 616 g/mol. The van der Waals surface area contributed by atoms with Crippen molar-refractivity contribution in [3.8, 4) is 28.7 Å². The summed E-state index contributed by atoms with van der Waals surface area (Å²) in [5.41, 5.74) is 1.22. The Bertz CT molecular complexity index is 1720. The summed E-state index contributed by atoms with van der Waals surface area (Å²) in [6.45, 7) is -2.26. The van der Waals surface area contributed by atoms with E-state index < -0.39 is 24.0 Å². The molecule has 1 fully saturated rings. The first kappa shape index (κ1) is 28.8. The number of alkyl halides is 4. The number of thiocarbonyl (C=S) groups is 1. The molecule has 224 valence electrons. The van der Waals surface area contributed by atoms with Crippen LogP contribution >= 0.6 is 12.2 Å². The Morgan fingerprint density at radius 3 is 2.53 bits per heavy atom. The van der Waals surface area contributed by atoms with Gasteiger partial charge in [-0.3, -0.25) is 4.90 Å². The highest BCUT2D eigenvalue weighted by Crippen LogP contribution is 2.46. The first-order valence-corrected chi connectivity index (χ1v) is 13.7. The van der Waals surface area contributed by atoms with Crippen molar-refractivity contribution in [2.45, 2.75) is 44.7 Å². The molecule has 43 heavy (non-hydrogen) atoms. The van der Waals surface area contributed by atoms with Gasteiger partial charge in [0.25, 0.3) is 5.92 Å². The number of hydrogen-bond donors (Lipinski definition) is 0. The summed E-state index contributed by atoms with van der Waals surface area (Å²) in [6, 6.07) is 4.30. The fraction of sp³-hybridized carbons (Fsp3) is 0.357. The summed E-state index contributed by atoms with van der Waals surface area (Å²) < 4.78 is 78.0. The van der Waals surface area contributed by atoms with E-state index in [9.17, 15) is 17.6 Å². The number of aryl methyl sites for hydroxylation is 1. The molecule has 1 aliphatic carbocycles. The van der Waals surface area contributed by atoms with Gasteiger partial charge in [0.05, 0.1) is 31.1 Å². The highest BCUT2D eigenvalue weighted by atomic mass is 32.1. The summed E-state index contributed by atoms with van der Waals surface area (Å²) in [5.74, 6) is -3.02. The third kappa shape index (κ3) is 5.37. The van der Waals surface area contributed by atoms with Crippen LogP contribution < -0.4 is 14.5 Å². The molecule has 15 heteroatoms. The largest absolute Gasteiger partial charge is 0.480 e. The molecular formula is C28H25F5N8OS. The van der Waals surface area contributed by atoms with Crippen molar-refractivity contribution in [1.29, 1.82) is 0 Å². The molecule has 0 spiro atoms. The second-order valence-corrected chi connectivity index (χ2v) is 11.0. The average Bonchev–Trinajstić information content (AvgIpc) is 3.73. The van der Waals surface area contributed by atoms with Gasteiger partial charge in [0.15, 0.2) is 11.6 Å². The van der Waals surface area contributed by atoms with E-state index in [0.717, 1.165) is 26.0 Å². The zero-order valence-corrected chi connectivity index (χ0v) is 24.0. The molecule has 6 rings (SSSR count). The van der Waals surface area contributed by atoms with Crippen molar-refractivity contribution < 1.29 is 26.7 Å². The Morgan fingerprint density at radius 1 is 1.14 bits per heavy atom. The molecule has 0 atom stereocenters.